The van der Waals surface area contributed by atoms with Crippen molar-refractivity contribution in [2.75, 3.05) is 9.80 Å². The van der Waals surface area contributed by atoms with E-state index in [1.807, 2.05) is 0 Å². The maximum atomic E-state index is 2.54. The van der Waals surface area contributed by atoms with Crippen LogP contribution in [0.15, 0.2) is 413 Å². The van der Waals surface area contributed by atoms with Gasteiger partial charge in [-0.05, 0) is 212 Å². The van der Waals surface area contributed by atoms with Crippen molar-refractivity contribution in [3.05, 3.63) is 424 Å². The Labute approximate surface area is 676 Å². The number of hydrogen-bond donors (Lipinski definition) is 0. The molecule has 0 bridgehead atoms. The lowest BCUT2D eigenvalue weighted by molar-refractivity contribution is 0.660. The monoisotopic (exact) mass is 1490 g/mol. The van der Waals surface area contributed by atoms with Crippen LogP contribution in [0.1, 0.15) is 25.0 Å². The summed E-state index contributed by atoms with van der Waals surface area (Å²) in [6, 6.07) is 152. The quantitative estimate of drug-likeness (QED) is 0.129. The number of para-hydroxylation sites is 4. The molecule has 0 fully saturated rings. The van der Waals surface area contributed by atoms with Gasteiger partial charge in [0.2, 0.25) is 0 Å². The first-order chi connectivity index (χ1) is 57.8. The molecule has 0 unspecified atom stereocenters. The number of rotatable bonds is 11. The van der Waals surface area contributed by atoms with Crippen LogP contribution < -0.4 is 9.80 Å². The zero-order valence-electron chi connectivity index (χ0n) is 64.4. The van der Waals surface area contributed by atoms with E-state index in [0.29, 0.717) is 0 Å². The highest BCUT2D eigenvalue weighted by atomic mass is 15.2. The molecule has 6 heterocycles. The highest BCUT2D eigenvalue weighted by Crippen LogP contribution is 2.54. The summed E-state index contributed by atoms with van der Waals surface area (Å²) in [6.45, 7) is 4.73. The number of aromatic nitrogens is 4. The third kappa shape index (κ3) is 10.0. The summed E-state index contributed by atoms with van der Waals surface area (Å²) in [5, 5.41) is 15.1. The van der Waals surface area contributed by atoms with E-state index in [1.165, 1.54) is 175 Å². The largest absolute Gasteiger partial charge is 0.310 e. The maximum absolute atomic E-state index is 2.54. The summed E-state index contributed by atoms with van der Waals surface area (Å²) in [6.07, 6.45) is 0. The molecule has 0 saturated heterocycles. The van der Waals surface area contributed by atoms with E-state index in [2.05, 4.69) is 454 Å². The number of anilines is 6. The van der Waals surface area contributed by atoms with E-state index < -0.39 is 0 Å². The Kier molecular flexibility index (Phi) is 14.7. The van der Waals surface area contributed by atoms with Gasteiger partial charge in [0.1, 0.15) is 0 Å². The lowest BCUT2D eigenvalue weighted by atomic mass is 9.82. The van der Waals surface area contributed by atoms with Crippen LogP contribution in [0.4, 0.5) is 34.1 Å². The molecule has 0 spiro atoms. The van der Waals surface area contributed by atoms with E-state index in [0.717, 1.165) is 45.5 Å². The molecule has 6 heteroatoms. The molecule has 548 valence electrons. The molecule has 0 aliphatic heterocycles. The number of benzene rings is 18. The fourth-order valence-electron chi connectivity index (χ4n) is 20.0. The fourth-order valence-corrected chi connectivity index (χ4v) is 20.0. The Hall–Kier alpha value is -15.2. The molecule has 24 aromatic rings. The van der Waals surface area contributed by atoms with Crippen molar-refractivity contribution in [1.82, 2.24) is 17.9 Å². The van der Waals surface area contributed by atoms with Crippen LogP contribution in [0, 0.1) is 0 Å². The average molecular weight is 1490 g/mol. The summed E-state index contributed by atoms with van der Waals surface area (Å²) in [4.78, 5) is 4.86. The molecule has 1 aliphatic carbocycles. The van der Waals surface area contributed by atoms with Crippen molar-refractivity contribution in [2.24, 2.45) is 0 Å². The first-order valence-corrected chi connectivity index (χ1v) is 40.5. The van der Waals surface area contributed by atoms with Crippen LogP contribution in [0.25, 0.3) is 176 Å². The summed E-state index contributed by atoms with van der Waals surface area (Å²) in [7, 11) is 0. The molecule has 0 N–H and O–H groups in total. The predicted octanol–water partition coefficient (Wildman–Crippen LogP) is 30.1. The van der Waals surface area contributed by atoms with Crippen molar-refractivity contribution in [2.45, 2.75) is 19.3 Å². The minimum atomic E-state index is -0.127. The smallest absolute Gasteiger partial charge is 0.0641 e. The van der Waals surface area contributed by atoms with E-state index in [4.69, 9.17) is 0 Å². The van der Waals surface area contributed by atoms with E-state index in [1.54, 1.807) is 0 Å². The van der Waals surface area contributed by atoms with Gasteiger partial charge in [-0.1, -0.05) is 281 Å². The summed E-state index contributed by atoms with van der Waals surface area (Å²) < 4.78 is 9.96. The van der Waals surface area contributed by atoms with Gasteiger partial charge in [0, 0.05) is 105 Å². The van der Waals surface area contributed by atoms with Gasteiger partial charge in [0.05, 0.1) is 55.2 Å². The summed E-state index contributed by atoms with van der Waals surface area (Å²) >= 11 is 0. The molecule has 0 amide bonds. The Morgan fingerprint density at radius 1 is 0.197 bits per heavy atom. The van der Waals surface area contributed by atoms with Gasteiger partial charge in [-0.2, -0.15) is 0 Å². The van der Waals surface area contributed by atoms with Crippen molar-refractivity contribution < 1.29 is 0 Å². The van der Waals surface area contributed by atoms with Crippen LogP contribution in [0.3, 0.4) is 0 Å². The first-order valence-electron chi connectivity index (χ1n) is 40.5. The lowest BCUT2D eigenvalue weighted by Crippen LogP contribution is -2.16. The van der Waals surface area contributed by atoms with Gasteiger partial charge >= 0.3 is 0 Å². The molecular weight excluding hydrogens is 1420 g/mol. The fraction of sp³-hybridized carbons (Fsp3) is 0.0270. The van der Waals surface area contributed by atoms with Gasteiger partial charge in [-0.3, -0.25) is 0 Å². The minimum absolute atomic E-state index is 0.127. The van der Waals surface area contributed by atoms with Crippen LogP contribution in [-0.4, -0.2) is 17.9 Å². The SMILES string of the molecule is CC1(C)c2ccccc2-c2ccc(N(c3ccc(-c4ccccc4)cc3)c3ccc4c(c3)c3cccc5c3c3c(ccc6c7ccccc7n4c63)n5-c3ccccc3)cc21.c1ccc(-c2ccc(N(c3ccc(-c4ccccc4)cc3)c3ccc4c(c3)c3cccc5c3c3c(ccc6c7ccccc7n4c63)n5-c3ccccc3)cc2)cc1. The number of hydrogen-bond acceptors (Lipinski definition) is 2. The van der Waals surface area contributed by atoms with Crippen molar-refractivity contribution >= 4 is 154 Å². The van der Waals surface area contributed by atoms with Gasteiger partial charge in [-0.15, -0.1) is 0 Å². The average Bonchev–Trinajstić information content (AvgIpc) is 1.50. The van der Waals surface area contributed by atoms with Crippen LogP contribution >= 0.6 is 0 Å². The second-order valence-corrected chi connectivity index (χ2v) is 31.9. The Morgan fingerprint density at radius 2 is 0.504 bits per heavy atom. The predicted molar refractivity (Wildman–Crippen MR) is 494 cm³/mol. The molecule has 0 atom stereocenters. The number of fused-ring (bicyclic) bond motifs is 15. The Balaban J connectivity index is 0.000000134. The minimum Gasteiger partial charge on any atom is -0.310 e. The topological polar surface area (TPSA) is 25.2 Å². The molecule has 1 aliphatic rings. The Morgan fingerprint density at radius 3 is 0.949 bits per heavy atom. The van der Waals surface area contributed by atoms with E-state index in [9.17, 15) is 0 Å². The second kappa shape index (κ2) is 25.9. The Bertz CT molecular complexity index is 7950. The number of nitrogens with zero attached hydrogens (tertiary/aromatic N) is 6. The summed E-state index contributed by atoms with van der Waals surface area (Å²) in [5.41, 5.74) is 33.7. The lowest BCUT2D eigenvalue weighted by Gasteiger charge is -2.28. The second-order valence-electron chi connectivity index (χ2n) is 31.9. The molecule has 0 saturated carbocycles. The van der Waals surface area contributed by atoms with E-state index >= 15 is 0 Å². The van der Waals surface area contributed by atoms with Gasteiger partial charge in [-0.25, -0.2) is 0 Å². The zero-order chi connectivity index (χ0) is 77.1. The summed E-state index contributed by atoms with van der Waals surface area (Å²) in [5.74, 6) is 0. The molecule has 6 nitrogen and oxygen atoms in total. The molecule has 25 rings (SSSR count). The van der Waals surface area contributed by atoms with Crippen molar-refractivity contribution in [1.29, 1.82) is 0 Å². The standard InChI is InChI=1S/C57H39N3.C54H35N3/c1-57(2)48-21-11-9-18-42(48)43-30-28-41(35-49(43)57)58(39-26-24-37(25-27-39)36-14-5-3-6-15-36)40-29-32-51-47(34-40)45-20-13-23-52-54(45)55-53(59(52)38-16-7-4-8-17-38)33-31-46-44-19-10-12-22-50(44)60(51)56(46)55;1-4-13-36(14-5-1)38-23-27-41(28-24-38)55(42-29-25-39(26-30-42)37-15-6-2-7-16-37)43-31-33-49-47(35-43)45-20-12-22-50-52(45)53-51(56(50)40-17-8-3-9-18-40)34-32-46-44-19-10-11-21-48(44)57(49)54(46)53/h3-35H,1-2H3;1-35H. The van der Waals surface area contributed by atoms with Gasteiger partial charge < -0.3 is 27.7 Å². The third-order valence-electron chi connectivity index (χ3n) is 25.3. The van der Waals surface area contributed by atoms with Crippen LogP contribution in [0.5, 0.6) is 0 Å². The van der Waals surface area contributed by atoms with E-state index in [-0.39, 0.29) is 5.41 Å². The first kappa shape index (κ1) is 66.4. The van der Waals surface area contributed by atoms with Gasteiger partial charge in [0.15, 0.2) is 0 Å². The molecule has 0 radical (unpaired) electrons. The highest BCUT2D eigenvalue weighted by molar-refractivity contribution is 6.35. The van der Waals surface area contributed by atoms with Crippen LogP contribution in [-0.2, 0) is 5.41 Å². The molecule has 18 aromatic carbocycles. The maximum Gasteiger partial charge on any atom is 0.0641 e. The highest BCUT2D eigenvalue weighted by Gasteiger charge is 2.36. The van der Waals surface area contributed by atoms with Crippen molar-refractivity contribution in [3.8, 4) is 55.9 Å². The molecular formula is C111H74N6. The van der Waals surface area contributed by atoms with Crippen LogP contribution in [0.2, 0.25) is 0 Å². The normalized spacial score (nSPS) is 12.6. The zero-order valence-corrected chi connectivity index (χ0v) is 64.4. The molecule has 6 aromatic heterocycles. The third-order valence-corrected chi connectivity index (χ3v) is 25.3. The van der Waals surface area contributed by atoms with Crippen molar-refractivity contribution in [3.63, 3.8) is 0 Å². The molecule has 117 heavy (non-hydrogen) atoms. The van der Waals surface area contributed by atoms with Gasteiger partial charge in [0.25, 0.3) is 0 Å².